The van der Waals surface area contributed by atoms with E-state index in [4.69, 9.17) is 6.42 Å². The van der Waals surface area contributed by atoms with Gasteiger partial charge in [0.1, 0.15) is 6.54 Å². The van der Waals surface area contributed by atoms with Gasteiger partial charge < -0.3 is 17.4 Å². The molecule has 0 unspecified atom stereocenters. The number of hydrogen-bond donors (Lipinski definition) is 0. The summed E-state index contributed by atoms with van der Waals surface area (Å²) in [7, 11) is 2.93. The molecule has 1 nitrogen and oxygen atoms in total. The van der Waals surface area contributed by atoms with Crippen molar-refractivity contribution in [3.63, 3.8) is 0 Å². The van der Waals surface area contributed by atoms with Gasteiger partial charge in [0.2, 0.25) is 0 Å². The third kappa shape index (κ3) is 5.80. The van der Waals surface area contributed by atoms with Crippen LogP contribution in [-0.4, -0.2) is 38.5 Å². The molecule has 0 aromatic rings. The molecule has 0 radical (unpaired) electrons. The fourth-order valence-corrected chi connectivity index (χ4v) is 0.872. The van der Waals surface area contributed by atoms with Crippen LogP contribution in [0.25, 0.3) is 0 Å². The van der Waals surface area contributed by atoms with Crippen molar-refractivity contribution in [1.82, 2.24) is 0 Å². The highest BCUT2D eigenvalue weighted by atomic mass is 19.4. The molecule has 0 fully saturated rings. The van der Waals surface area contributed by atoms with Gasteiger partial charge >= 0.3 is 6.98 Å². The van der Waals surface area contributed by atoms with Crippen LogP contribution in [0.3, 0.4) is 0 Å². The Morgan fingerprint density at radius 1 is 1.36 bits per heavy atom. The first-order chi connectivity index (χ1) is 4.77. The summed E-state index contributed by atoms with van der Waals surface area (Å²) in [4.78, 5) is 0. The minimum absolute atomic E-state index is 0.112. The maximum absolute atomic E-state index is 11.9. The average molecular weight is 165 g/mol. The predicted molar refractivity (Wildman–Crippen MR) is 39.8 cm³/mol. The smallest absolute Gasteiger partial charge is 0.445 e. The zero-order valence-electron chi connectivity index (χ0n) is 6.65. The van der Waals surface area contributed by atoms with Crippen LogP contribution < -0.4 is 0 Å². The molecule has 0 aliphatic heterocycles. The molecule has 0 bridgehead atoms. The highest BCUT2D eigenvalue weighted by molar-refractivity contribution is 6.58. The molecule has 0 saturated heterocycles. The molecular weight excluding hydrogens is 154 g/mol. The van der Waals surface area contributed by atoms with Crippen molar-refractivity contribution in [3.05, 3.63) is 0 Å². The fraction of sp³-hybridized carbons (Fsp3) is 0.667. The topological polar surface area (TPSA) is 0 Å². The van der Waals surface area contributed by atoms with Crippen LogP contribution in [0.4, 0.5) is 12.9 Å². The lowest BCUT2D eigenvalue weighted by Gasteiger charge is -2.32. The molecule has 64 valence electrons. The molecule has 0 atom stereocenters. The van der Waals surface area contributed by atoms with Crippen LogP contribution in [-0.2, 0) is 0 Å². The van der Waals surface area contributed by atoms with Gasteiger partial charge in [-0.15, -0.1) is 6.42 Å². The van der Waals surface area contributed by atoms with Gasteiger partial charge in [0.15, 0.2) is 0 Å². The zero-order chi connectivity index (χ0) is 9.12. The van der Waals surface area contributed by atoms with E-state index in [1.165, 1.54) is 14.1 Å². The van der Waals surface area contributed by atoms with Crippen LogP contribution in [0.2, 0.25) is 0 Å². The van der Waals surface area contributed by atoms with Crippen LogP contribution in [0.5, 0.6) is 0 Å². The second kappa shape index (κ2) is 3.18. The van der Waals surface area contributed by atoms with Crippen LogP contribution in [0.15, 0.2) is 0 Å². The highest BCUT2D eigenvalue weighted by Gasteiger charge is 2.32. The lowest BCUT2D eigenvalue weighted by Crippen LogP contribution is -2.49. The molecule has 11 heavy (non-hydrogen) atoms. The van der Waals surface area contributed by atoms with E-state index in [0.29, 0.717) is 0 Å². The molecule has 0 aliphatic rings. The van der Waals surface area contributed by atoms with E-state index >= 15 is 0 Å². The zero-order valence-corrected chi connectivity index (χ0v) is 6.65. The van der Waals surface area contributed by atoms with E-state index in [9.17, 15) is 12.9 Å². The molecule has 0 aromatic carbocycles. The summed E-state index contributed by atoms with van der Waals surface area (Å²) in [5, 5.41) is 0. The Morgan fingerprint density at radius 3 is 2.09 bits per heavy atom. The SMILES string of the molecule is C#CC[N+](C)(C)C[B-](F)(F)F. The van der Waals surface area contributed by atoms with Crippen LogP contribution in [0, 0.1) is 12.3 Å². The van der Waals surface area contributed by atoms with Crippen molar-refractivity contribution in [1.29, 1.82) is 0 Å². The molecular formula is C6H11BF3N. The first kappa shape index (κ1) is 10.4. The Kier molecular flexibility index (Phi) is 3.00. The summed E-state index contributed by atoms with van der Waals surface area (Å²) in [5.74, 6) is 2.21. The van der Waals surface area contributed by atoms with E-state index in [2.05, 4.69) is 5.92 Å². The normalized spacial score (nSPS) is 12.7. The third-order valence-electron chi connectivity index (χ3n) is 1.22. The van der Waals surface area contributed by atoms with E-state index in [0.717, 1.165) is 0 Å². The van der Waals surface area contributed by atoms with Crippen molar-refractivity contribution in [2.75, 3.05) is 27.1 Å². The summed E-state index contributed by atoms with van der Waals surface area (Å²) in [6.07, 6.45) is 4.09. The van der Waals surface area contributed by atoms with Gasteiger partial charge in [-0.2, -0.15) is 0 Å². The Balaban J connectivity index is 4.04. The maximum atomic E-state index is 11.9. The van der Waals surface area contributed by atoms with Gasteiger partial charge in [0.05, 0.1) is 20.5 Å². The molecule has 0 saturated carbocycles. The van der Waals surface area contributed by atoms with Crippen molar-refractivity contribution in [2.24, 2.45) is 0 Å². The minimum Gasteiger partial charge on any atom is -0.445 e. The van der Waals surface area contributed by atoms with E-state index in [1.54, 1.807) is 0 Å². The number of terminal acetylenes is 1. The molecule has 0 heterocycles. The molecule has 0 rings (SSSR count). The van der Waals surface area contributed by atoms with Gasteiger partial charge in [0.25, 0.3) is 0 Å². The molecule has 0 aromatic heterocycles. The Morgan fingerprint density at radius 2 is 1.82 bits per heavy atom. The number of nitrogens with zero attached hydrogens (tertiary/aromatic N) is 1. The lowest BCUT2D eigenvalue weighted by molar-refractivity contribution is -0.874. The second-order valence-electron chi connectivity index (χ2n) is 3.19. The Bertz CT molecular complexity index is 168. The Hall–Kier alpha value is -0.625. The van der Waals surface area contributed by atoms with Crippen molar-refractivity contribution < 1.29 is 17.4 Å². The Labute approximate surface area is 64.8 Å². The number of quaternary nitrogens is 1. The van der Waals surface area contributed by atoms with E-state index < -0.39 is 13.4 Å². The predicted octanol–water partition coefficient (Wildman–Crippen LogP) is 1.08. The lowest BCUT2D eigenvalue weighted by atomic mass is 9.90. The van der Waals surface area contributed by atoms with E-state index in [1.807, 2.05) is 0 Å². The molecule has 0 N–H and O–H groups in total. The first-order valence-electron chi connectivity index (χ1n) is 3.23. The van der Waals surface area contributed by atoms with Crippen molar-refractivity contribution >= 4 is 6.98 Å². The fourth-order valence-electron chi connectivity index (χ4n) is 0.872. The first-order valence-corrected chi connectivity index (χ1v) is 3.23. The largest absolute Gasteiger partial charge is 0.531 e. The van der Waals surface area contributed by atoms with Crippen molar-refractivity contribution in [3.8, 4) is 12.3 Å². The van der Waals surface area contributed by atoms with Gasteiger partial charge in [-0.05, 0) is 5.92 Å². The summed E-state index contributed by atoms with van der Waals surface area (Å²) >= 11 is 0. The summed E-state index contributed by atoms with van der Waals surface area (Å²) in [5.41, 5.74) is 0. The van der Waals surface area contributed by atoms with Crippen molar-refractivity contribution in [2.45, 2.75) is 0 Å². The molecule has 0 aliphatic carbocycles. The number of halogens is 3. The minimum atomic E-state index is -4.73. The van der Waals surface area contributed by atoms with Crippen LogP contribution >= 0.6 is 0 Å². The quantitative estimate of drug-likeness (QED) is 0.333. The van der Waals surface area contributed by atoms with Gasteiger partial charge in [-0.25, -0.2) is 0 Å². The molecule has 0 amide bonds. The standard InChI is InChI=1S/C6H11BF3N/c1-4-5-11(2,3)6-7(8,9)10/h1H,5-6H2,2-3H3. The second-order valence-corrected chi connectivity index (χ2v) is 3.19. The summed E-state index contributed by atoms with van der Waals surface area (Å²) < 4.78 is 35.4. The molecule has 0 spiro atoms. The maximum Gasteiger partial charge on any atom is 0.531 e. The molecule has 5 heteroatoms. The average Bonchev–Trinajstić information content (AvgIpc) is 1.55. The van der Waals surface area contributed by atoms with Gasteiger partial charge in [-0.1, -0.05) is 0 Å². The van der Waals surface area contributed by atoms with Crippen LogP contribution in [0.1, 0.15) is 0 Å². The summed E-state index contributed by atoms with van der Waals surface area (Å²) in [6, 6.07) is 0. The summed E-state index contributed by atoms with van der Waals surface area (Å²) in [6.45, 7) is -4.62. The number of rotatable bonds is 3. The van der Waals surface area contributed by atoms with Gasteiger partial charge in [0, 0.05) is 0 Å². The third-order valence-corrected chi connectivity index (χ3v) is 1.22. The van der Waals surface area contributed by atoms with E-state index in [-0.39, 0.29) is 11.0 Å². The number of hydrogen-bond acceptors (Lipinski definition) is 0. The monoisotopic (exact) mass is 165 g/mol. The highest BCUT2D eigenvalue weighted by Crippen LogP contribution is 2.12. The van der Waals surface area contributed by atoms with Gasteiger partial charge in [-0.3, -0.25) is 0 Å².